The molecule has 5 nitrogen and oxygen atoms in total. The van der Waals surface area contributed by atoms with Crippen LogP contribution in [0, 0.1) is 0 Å². The van der Waals surface area contributed by atoms with E-state index in [2.05, 4.69) is 9.47 Å². The minimum atomic E-state index is 0.656. The van der Waals surface area contributed by atoms with Crippen LogP contribution in [-0.2, 0) is 23.7 Å². The Labute approximate surface area is 99.0 Å². The summed E-state index contributed by atoms with van der Waals surface area (Å²) in [6.07, 6.45) is 0. The molecule has 0 N–H and O–H groups in total. The quantitative estimate of drug-likeness (QED) is 0.531. The van der Waals surface area contributed by atoms with Gasteiger partial charge in [0.15, 0.2) is 0 Å². The number of hydrogen-bond acceptors (Lipinski definition) is 5. The number of hydrogen-bond donors (Lipinski definition) is 0. The molecule has 0 amide bonds. The molecule has 0 aliphatic heterocycles. The van der Waals surface area contributed by atoms with Gasteiger partial charge in [-0.2, -0.15) is 0 Å². The highest BCUT2D eigenvalue weighted by atomic mass is 16.5. The highest BCUT2D eigenvalue weighted by Gasteiger charge is 1.86. The molecule has 0 radical (unpaired) electrons. The van der Waals surface area contributed by atoms with Crippen LogP contribution >= 0.6 is 0 Å². The van der Waals surface area contributed by atoms with Gasteiger partial charge < -0.3 is 23.7 Å². The minimum absolute atomic E-state index is 0.656. The lowest BCUT2D eigenvalue weighted by Gasteiger charge is -2.02. The molecule has 0 bridgehead atoms. The summed E-state index contributed by atoms with van der Waals surface area (Å²) in [5.41, 5.74) is 0. The zero-order valence-corrected chi connectivity index (χ0v) is 11.0. The van der Waals surface area contributed by atoms with E-state index in [1.54, 1.807) is 21.3 Å². The van der Waals surface area contributed by atoms with Gasteiger partial charge in [-0.05, 0) is 6.92 Å². The topological polar surface area (TPSA) is 46.2 Å². The predicted octanol–water partition coefficient (Wildman–Crippen LogP) is 0.965. The second-order valence-corrected chi connectivity index (χ2v) is 2.79. The lowest BCUT2D eigenvalue weighted by atomic mass is 10.7. The van der Waals surface area contributed by atoms with Crippen molar-refractivity contribution in [1.82, 2.24) is 0 Å². The van der Waals surface area contributed by atoms with Gasteiger partial charge in [-0.15, -0.1) is 0 Å². The Morgan fingerprint density at radius 3 is 1.38 bits per heavy atom. The summed E-state index contributed by atoms with van der Waals surface area (Å²) >= 11 is 0. The van der Waals surface area contributed by atoms with Crippen LogP contribution in [0.25, 0.3) is 0 Å². The largest absolute Gasteiger partial charge is 0.382 e. The molecule has 0 aromatic heterocycles. The Kier molecular flexibility index (Phi) is 23.0. The first-order chi connectivity index (χ1) is 7.83. The summed E-state index contributed by atoms with van der Waals surface area (Å²) in [6, 6.07) is 0. The molecule has 0 aromatic carbocycles. The number of rotatable bonds is 10. The first-order valence-corrected chi connectivity index (χ1v) is 5.45. The van der Waals surface area contributed by atoms with E-state index in [1.165, 1.54) is 0 Å². The van der Waals surface area contributed by atoms with Gasteiger partial charge in [-0.3, -0.25) is 0 Å². The molecule has 0 heterocycles. The average Bonchev–Trinajstić information content (AvgIpc) is 2.32. The molecule has 0 saturated heterocycles. The second-order valence-electron chi connectivity index (χ2n) is 2.79. The van der Waals surface area contributed by atoms with Crippen LogP contribution in [-0.4, -0.2) is 67.6 Å². The van der Waals surface area contributed by atoms with Gasteiger partial charge >= 0.3 is 0 Å². The molecule has 0 aromatic rings. The van der Waals surface area contributed by atoms with E-state index in [9.17, 15) is 0 Å². The molecule has 0 rings (SSSR count). The highest BCUT2D eigenvalue weighted by Crippen LogP contribution is 1.78. The molecule has 0 saturated carbocycles. The molecule has 0 spiro atoms. The zero-order chi connectivity index (χ0) is 12.5. The van der Waals surface area contributed by atoms with Crippen molar-refractivity contribution in [3.05, 3.63) is 0 Å². The smallest absolute Gasteiger partial charge is 0.0701 e. The van der Waals surface area contributed by atoms with Crippen molar-refractivity contribution in [3.63, 3.8) is 0 Å². The first kappa shape index (κ1) is 18.2. The SMILES string of the molecule is CCOCCOCCOC.COCCOC. The summed E-state index contributed by atoms with van der Waals surface area (Å²) in [6.45, 7) is 6.77. The van der Waals surface area contributed by atoms with Crippen LogP contribution in [0.3, 0.4) is 0 Å². The third-order valence-electron chi connectivity index (χ3n) is 1.50. The third kappa shape index (κ3) is 23.5. The third-order valence-corrected chi connectivity index (χ3v) is 1.50. The van der Waals surface area contributed by atoms with E-state index in [0.717, 1.165) is 6.61 Å². The Hall–Kier alpha value is -0.200. The Morgan fingerprint density at radius 2 is 0.938 bits per heavy atom. The van der Waals surface area contributed by atoms with Crippen LogP contribution in [0.5, 0.6) is 0 Å². The van der Waals surface area contributed by atoms with Gasteiger partial charge in [0.2, 0.25) is 0 Å². The molecule has 100 valence electrons. The van der Waals surface area contributed by atoms with Crippen molar-refractivity contribution in [3.8, 4) is 0 Å². The van der Waals surface area contributed by atoms with Gasteiger partial charge in [-0.25, -0.2) is 0 Å². The summed E-state index contributed by atoms with van der Waals surface area (Å²) in [7, 11) is 4.96. The van der Waals surface area contributed by atoms with Crippen LogP contribution in [0.4, 0.5) is 0 Å². The summed E-state index contributed by atoms with van der Waals surface area (Å²) in [5.74, 6) is 0. The van der Waals surface area contributed by atoms with Gasteiger partial charge in [0, 0.05) is 27.9 Å². The van der Waals surface area contributed by atoms with Crippen molar-refractivity contribution in [2.45, 2.75) is 6.92 Å². The van der Waals surface area contributed by atoms with Crippen molar-refractivity contribution < 1.29 is 23.7 Å². The van der Waals surface area contributed by atoms with E-state index >= 15 is 0 Å². The van der Waals surface area contributed by atoms with Crippen LogP contribution in [0.15, 0.2) is 0 Å². The van der Waals surface area contributed by atoms with Crippen molar-refractivity contribution >= 4 is 0 Å². The maximum absolute atomic E-state index is 5.13. The molecular weight excluding hydrogens is 212 g/mol. The van der Waals surface area contributed by atoms with Crippen molar-refractivity contribution in [1.29, 1.82) is 0 Å². The molecule has 0 aliphatic carbocycles. The molecule has 0 aliphatic rings. The number of methoxy groups -OCH3 is 3. The maximum Gasteiger partial charge on any atom is 0.0701 e. The van der Waals surface area contributed by atoms with Crippen LogP contribution < -0.4 is 0 Å². The van der Waals surface area contributed by atoms with Gasteiger partial charge in [0.05, 0.1) is 39.6 Å². The zero-order valence-electron chi connectivity index (χ0n) is 11.0. The molecule has 0 fully saturated rings. The highest BCUT2D eigenvalue weighted by molar-refractivity contribution is 4.29. The fourth-order valence-corrected chi connectivity index (χ4v) is 0.673. The monoisotopic (exact) mass is 238 g/mol. The Morgan fingerprint density at radius 1 is 0.562 bits per heavy atom. The molecule has 0 unspecified atom stereocenters. The molecule has 5 heteroatoms. The van der Waals surface area contributed by atoms with Gasteiger partial charge in [-0.1, -0.05) is 0 Å². The van der Waals surface area contributed by atoms with E-state index < -0.39 is 0 Å². The summed E-state index contributed by atoms with van der Waals surface area (Å²) in [5, 5.41) is 0. The van der Waals surface area contributed by atoms with E-state index in [4.69, 9.17) is 14.2 Å². The molecular formula is C11H26O5. The Bertz CT molecular complexity index is 88.4. The second kappa shape index (κ2) is 20.2. The lowest BCUT2D eigenvalue weighted by Crippen LogP contribution is -2.07. The predicted molar refractivity (Wildman–Crippen MR) is 62.9 cm³/mol. The average molecular weight is 238 g/mol. The van der Waals surface area contributed by atoms with Crippen LogP contribution in [0.2, 0.25) is 0 Å². The van der Waals surface area contributed by atoms with Gasteiger partial charge in [0.25, 0.3) is 0 Å². The maximum atomic E-state index is 5.13. The summed E-state index contributed by atoms with van der Waals surface area (Å²) in [4.78, 5) is 0. The van der Waals surface area contributed by atoms with Crippen LogP contribution in [0.1, 0.15) is 6.92 Å². The van der Waals surface area contributed by atoms with Gasteiger partial charge in [0.1, 0.15) is 0 Å². The molecule has 16 heavy (non-hydrogen) atoms. The number of ether oxygens (including phenoxy) is 5. The van der Waals surface area contributed by atoms with Crippen molar-refractivity contribution in [2.75, 3.05) is 67.6 Å². The standard InChI is InChI=1S/C7H16O3.C4H10O2/c1-3-9-6-7-10-5-4-8-2;1-5-3-4-6-2/h3-7H2,1-2H3;3-4H2,1-2H3. The normalized spacial score (nSPS) is 9.75. The van der Waals surface area contributed by atoms with E-state index in [-0.39, 0.29) is 0 Å². The minimum Gasteiger partial charge on any atom is -0.382 e. The summed E-state index contributed by atoms with van der Waals surface area (Å²) < 4.78 is 24.3. The van der Waals surface area contributed by atoms with E-state index in [1.807, 2.05) is 6.92 Å². The van der Waals surface area contributed by atoms with Crippen molar-refractivity contribution in [2.24, 2.45) is 0 Å². The Balaban J connectivity index is 0. The lowest BCUT2D eigenvalue weighted by molar-refractivity contribution is 0.0280. The van der Waals surface area contributed by atoms with E-state index in [0.29, 0.717) is 39.6 Å². The first-order valence-electron chi connectivity index (χ1n) is 5.45. The fraction of sp³-hybridized carbons (Fsp3) is 1.00. The molecule has 0 atom stereocenters. The fourth-order valence-electron chi connectivity index (χ4n) is 0.673.